The van der Waals surface area contributed by atoms with Crippen molar-refractivity contribution in [2.45, 2.75) is 19.8 Å². The number of rotatable bonds is 4. The molecule has 1 unspecified atom stereocenters. The molecule has 1 saturated heterocycles. The third kappa shape index (κ3) is 3.39. The first-order valence-electron chi connectivity index (χ1n) is 6.82. The summed E-state index contributed by atoms with van der Waals surface area (Å²) in [4.78, 5) is 38.0. The second-order valence-electron chi connectivity index (χ2n) is 4.86. The lowest BCUT2D eigenvalue weighted by molar-refractivity contribution is -0.389. The highest BCUT2D eigenvalue weighted by molar-refractivity contribution is 5.93. The zero-order valence-electron chi connectivity index (χ0n) is 11.7. The molecule has 0 aromatic carbocycles. The fraction of sp³-hybridized carbons (Fsp3) is 0.538. The van der Waals surface area contributed by atoms with Gasteiger partial charge in [-0.3, -0.25) is 9.59 Å². The van der Waals surface area contributed by atoms with Gasteiger partial charge in [0, 0.05) is 19.2 Å². The smallest absolute Gasteiger partial charge is 0.321 e. The van der Waals surface area contributed by atoms with Crippen LogP contribution in [0.15, 0.2) is 12.1 Å². The molecule has 2 heterocycles. The number of piperidine rings is 1. The molecule has 1 fully saturated rings. The lowest BCUT2D eigenvalue weighted by Gasteiger charge is -2.30. The number of H-pyrrole nitrogens is 1. The average Bonchev–Trinajstić information content (AvgIpc) is 2.97. The zero-order valence-corrected chi connectivity index (χ0v) is 11.7. The quantitative estimate of drug-likeness (QED) is 0.512. The normalized spacial score (nSPS) is 18.3. The first-order chi connectivity index (χ1) is 10.0. The third-order valence-corrected chi connectivity index (χ3v) is 3.43. The van der Waals surface area contributed by atoms with Gasteiger partial charge >= 0.3 is 11.8 Å². The number of carbonyl (C=O) groups excluding carboxylic acids is 2. The van der Waals surface area contributed by atoms with Crippen molar-refractivity contribution in [1.82, 2.24) is 9.88 Å². The van der Waals surface area contributed by atoms with Crippen LogP contribution in [0.3, 0.4) is 0 Å². The van der Waals surface area contributed by atoms with Gasteiger partial charge in [-0.15, -0.1) is 0 Å². The predicted molar refractivity (Wildman–Crippen MR) is 72.7 cm³/mol. The number of nitrogens with one attached hydrogen (secondary N) is 1. The fourth-order valence-corrected chi connectivity index (χ4v) is 2.40. The van der Waals surface area contributed by atoms with E-state index in [-0.39, 0.29) is 35.9 Å². The topological polar surface area (TPSA) is 106 Å². The van der Waals surface area contributed by atoms with Crippen LogP contribution in [0.25, 0.3) is 0 Å². The second kappa shape index (κ2) is 6.38. The van der Waals surface area contributed by atoms with E-state index in [0.29, 0.717) is 26.0 Å². The van der Waals surface area contributed by atoms with Crippen LogP contribution >= 0.6 is 0 Å². The summed E-state index contributed by atoms with van der Waals surface area (Å²) in [5.41, 5.74) is 0.159. The Morgan fingerprint density at radius 1 is 1.52 bits per heavy atom. The Morgan fingerprint density at radius 3 is 2.90 bits per heavy atom. The lowest BCUT2D eigenvalue weighted by Crippen LogP contribution is -2.42. The van der Waals surface area contributed by atoms with Crippen LogP contribution in [-0.2, 0) is 9.53 Å². The number of amides is 1. The summed E-state index contributed by atoms with van der Waals surface area (Å²) >= 11 is 0. The van der Waals surface area contributed by atoms with Gasteiger partial charge in [0.15, 0.2) is 5.69 Å². The number of nitro groups is 1. The van der Waals surface area contributed by atoms with Gasteiger partial charge in [0.25, 0.3) is 5.91 Å². The van der Waals surface area contributed by atoms with Crippen molar-refractivity contribution < 1.29 is 19.2 Å². The molecule has 1 aromatic heterocycles. The maximum atomic E-state index is 12.3. The van der Waals surface area contributed by atoms with E-state index in [2.05, 4.69) is 4.98 Å². The van der Waals surface area contributed by atoms with Crippen molar-refractivity contribution in [3.8, 4) is 0 Å². The monoisotopic (exact) mass is 295 g/mol. The summed E-state index contributed by atoms with van der Waals surface area (Å²) in [7, 11) is 0. The van der Waals surface area contributed by atoms with Crippen molar-refractivity contribution in [2.24, 2.45) is 5.92 Å². The number of ether oxygens (including phenoxy) is 1. The van der Waals surface area contributed by atoms with E-state index in [0.717, 1.165) is 0 Å². The van der Waals surface area contributed by atoms with E-state index in [1.165, 1.54) is 17.0 Å². The van der Waals surface area contributed by atoms with E-state index in [1.807, 2.05) is 0 Å². The van der Waals surface area contributed by atoms with Crippen LogP contribution in [0.2, 0.25) is 0 Å². The number of nitrogens with zero attached hydrogens (tertiary/aromatic N) is 2. The number of aromatic nitrogens is 1. The Hall–Kier alpha value is -2.38. The molecule has 21 heavy (non-hydrogen) atoms. The SMILES string of the molecule is CCOC(=O)C1CCCN(C(=O)c2ccc([N+](=O)[O-])[nH]2)C1. The van der Waals surface area contributed by atoms with Crippen LogP contribution in [-0.4, -0.2) is 46.4 Å². The number of likely N-dealkylation sites (tertiary alicyclic amines) is 1. The summed E-state index contributed by atoms with van der Waals surface area (Å²) < 4.78 is 4.98. The highest BCUT2D eigenvalue weighted by Gasteiger charge is 2.31. The first-order valence-corrected chi connectivity index (χ1v) is 6.82. The number of hydrogen-bond acceptors (Lipinski definition) is 5. The van der Waals surface area contributed by atoms with E-state index in [1.54, 1.807) is 6.92 Å². The molecule has 1 aliphatic rings. The van der Waals surface area contributed by atoms with Gasteiger partial charge in [0.05, 0.1) is 12.5 Å². The second-order valence-corrected chi connectivity index (χ2v) is 4.86. The number of hydrogen-bond donors (Lipinski definition) is 1. The molecule has 1 aliphatic heterocycles. The van der Waals surface area contributed by atoms with Crippen molar-refractivity contribution >= 4 is 17.7 Å². The summed E-state index contributed by atoms with van der Waals surface area (Å²) in [6.45, 7) is 2.86. The summed E-state index contributed by atoms with van der Waals surface area (Å²) in [5, 5.41) is 10.6. The van der Waals surface area contributed by atoms with Crippen molar-refractivity contribution in [3.05, 3.63) is 27.9 Å². The Balaban J connectivity index is 2.04. The molecular formula is C13H17N3O5. The van der Waals surface area contributed by atoms with Crippen molar-refractivity contribution in [3.63, 3.8) is 0 Å². The molecule has 8 heteroatoms. The van der Waals surface area contributed by atoms with Crippen molar-refractivity contribution in [2.75, 3.05) is 19.7 Å². The maximum absolute atomic E-state index is 12.3. The van der Waals surface area contributed by atoms with Gasteiger partial charge < -0.3 is 19.8 Å². The van der Waals surface area contributed by atoms with Gasteiger partial charge in [0.1, 0.15) is 0 Å². The molecular weight excluding hydrogens is 278 g/mol. The molecule has 0 bridgehead atoms. The highest BCUT2D eigenvalue weighted by Crippen LogP contribution is 2.20. The van der Waals surface area contributed by atoms with Crippen LogP contribution in [0, 0.1) is 16.0 Å². The predicted octanol–water partition coefficient (Wildman–Crippen LogP) is 1.34. The van der Waals surface area contributed by atoms with E-state index >= 15 is 0 Å². The largest absolute Gasteiger partial charge is 0.466 e. The van der Waals surface area contributed by atoms with Crippen LogP contribution in [0.1, 0.15) is 30.3 Å². The lowest BCUT2D eigenvalue weighted by atomic mass is 9.98. The molecule has 0 radical (unpaired) electrons. The van der Waals surface area contributed by atoms with E-state index in [9.17, 15) is 19.7 Å². The summed E-state index contributed by atoms with van der Waals surface area (Å²) in [6.07, 6.45) is 1.39. The first kappa shape index (κ1) is 15.0. The molecule has 8 nitrogen and oxygen atoms in total. The minimum Gasteiger partial charge on any atom is -0.466 e. The minimum atomic E-state index is -0.589. The van der Waals surface area contributed by atoms with Crippen molar-refractivity contribution in [1.29, 1.82) is 0 Å². The molecule has 0 aliphatic carbocycles. The molecule has 1 atom stereocenters. The summed E-state index contributed by atoms with van der Waals surface area (Å²) in [6, 6.07) is 2.63. The van der Waals surface area contributed by atoms with Gasteiger partial charge in [-0.2, -0.15) is 0 Å². The van der Waals surface area contributed by atoms with Crippen LogP contribution in [0.5, 0.6) is 0 Å². The van der Waals surface area contributed by atoms with Gasteiger partial charge in [0.2, 0.25) is 0 Å². The molecule has 0 saturated carbocycles. The molecule has 1 amide bonds. The Morgan fingerprint density at radius 2 is 2.29 bits per heavy atom. The fourth-order valence-electron chi connectivity index (χ4n) is 2.40. The number of esters is 1. The van der Waals surface area contributed by atoms with Crippen LogP contribution in [0.4, 0.5) is 5.82 Å². The zero-order chi connectivity index (χ0) is 15.4. The number of carbonyl (C=O) groups is 2. The van der Waals surface area contributed by atoms with Gasteiger partial charge in [-0.1, -0.05) is 0 Å². The Bertz CT molecular complexity index is 554. The highest BCUT2D eigenvalue weighted by atomic mass is 16.6. The number of aromatic amines is 1. The Kier molecular flexibility index (Phi) is 4.56. The third-order valence-electron chi connectivity index (χ3n) is 3.43. The molecule has 2 rings (SSSR count). The maximum Gasteiger partial charge on any atom is 0.321 e. The van der Waals surface area contributed by atoms with Gasteiger partial charge in [-0.25, -0.2) is 4.98 Å². The molecule has 1 aromatic rings. The standard InChI is InChI=1S/C13H17N3O5/c1-2-21-13(18)9-4-3-7-15(8-9)12(17)10-5-6-11(14-10)16(19)20/h5-6,9,14H,2-4,7-8H2,1H3. The minimum absolute atomic E-state index is 0.159. The van der Waals surface area contributed by atoms with E-state index < -0.39 is 4.92 Å². The van der Waals surface area contributed by atoms with Gasteiger partial charge in [-0.05, 0) is 30.8 Å². The summed E-state index contributed by atoms with van der Waals surface area (Å²) in [5.74, 6) is -1.19. The van der Waals surface area contributed by atoms with E-state index in [4.69, 9.17) is 4.74 Å². The van der Waals surface area contributed by atoms with Crippen LogP contribution < -0.4 is 0 Å². The molecule has 0 spiro atoms. The molecule has 114 valence electrons. The average molecular weight is 295 g/mol. The Labute approximate surface area is 121 Å². The molecule has 1 N–H and O–H groups in total.